The van der Waals surface area contributed by atoms with E-state index in [1.807, 2.05) is 67.6 Å². The van der Waals surface area contributed by atoms with Crippen molar-refractivity contribution in [3.8, 4) is 0 Å². The molecule has 4 atom stereocenters. The Morgan fingerprint density at radius 1 is 0.923 bits per heavy atom. The zero-order chi connectivity index (χ0) is 18.1. The standard InChI is InChI=1S/C23H26O3/c1-23(18-8-4-2-5-9-18,19-10-6-3-7-11-19)22(25)26-20-13-16-12-17(15-20)21(24)14-16/h2-11,16-17,20-21,24H,12-15H2,1H3/t16?,17?,20?,21-/m0/s1. The molecule has 26 heavy (non-hydrogen) atoms. The number of aliphatic hydroxyl groups excluding tert-OH is 1. The van der Waals surface area contributed by atoms with E-state index in [1.165, 1.54) is 0 Å². The quantitative estimate of drug-likeness (QED) is 0.845. The van der Waals surface area contributed by atoms with Gasteiger partial charge in [0, 0.05) is 0 Å². The second-order valence-corrected chi connectivity index (χ2v) is 8.02. The molecule has 2 aliphatic carbocycles. The zero-order valence-electron chi connectivity index (χ0n) is 15.2. The van der Waals surface area contributed by atoms with E-state index in [-0.39, 0.29) is 24.1 Å². The molecule has 3 unspecified atom stereocenters. The molecule has 2 aromatic carbocycles. The molecule has 3 nitrogen and oxygen atoms in total. The number of ether oxygens (including phenoxy) is 1. The van der Waals surface area contributed by atoms with Gasteiger partial charge in [-0.25, -0.2) is 0 Å². The number of rotatable bonds is 4. The molecular weight excluding hydrogens is 324 g/mol. The Morgan fingerprint density at radius 3 is 2.04 bits per heavy atom. The van der Waals surface area contributed by atoms with E-state index in [0.717, 1.165) is 36.8 Å². The maximum absolute atomic E-state index is 13.4. The van der Waals surface area contributed by atoms with Crippen LogP contribution >= 0.6 is 0 Å². The lowest BCUT2D eigenvalue weighted by atomic mass is 9.76. The number of carbonyl (C=O) groups excluding carboxylic acids is 1. The van der Waals surface area contributed by atoms with Gasteiger partial charge in [0.1, 0.15) is 11.5 Å². The maximum Gasteiger partial charge on any atom is 0.321 e. The van der Waals surface area contributed by atoms with E-state index in [2.05, 4.69) is 0 Å². The number of aliphatic hydroxyl groups is 1. The van der Waals surface area contributed by atoms with Crippen molar-refractivity contribution >= 4 is 5.97 Å². The molecule has 0 amide bonds. The number of carbonyl (C=O) groups is 1. The lowest BCUT2D eigenvalue weighted by Gasteiger charge is -2.33. The summed E-state index contributed by atoms with van der Waals surface area (Å²) in [6.07, 6.45) is 3.27. The molecule has 2 bridgehead atoms. The van der Waals surface area contributed by atoms with Crippen molar-refractivity contribution in [2.24, 2.45) is 11.8 Å². The summed E-state index contributed by atoms with van der Waals surface area (Å²) < 4.78 is 6.04. The van der Waals surface area contributed by atoms with Gasteiger partial charge in [-0.3, -0.25) is 4.79 Å². The smallest absolute Gasteiger partial charge is 0.321 e. The second kappa shape index (κ2) is 6.88. The molecule has 136 valence electrons. The van der Waals surface area contributed by atoms with E-state index >= 15 is 0 Å². The van der Waals surface area contributed by atoms with Gasteiger partial charge in [-0.2, -0.15) is 0 Å². The molecule has 0 radical (unpaired) electrons. The van der Waals surface area contributed by atoms with Crippen LogP contribution in [0.15, 0.2) is 60.7 Å². The number of esters is 1. The molecule has 3 heteroatoms. The van der Waals surface area contributed by atoms with E-state index < -0.39 is 5.41 Å². The van der Waals surface area contributed by atoms with Crippen LogP contribution in [0.5, 0.6) is 0 Å². The van der Waals surface area contributed by atoms with Crippen LogP contribution in [0, 0.1) is 11.8 Å². The van der Waals surface area contributed by atoms with Gasteiger partial charge in [0.05, 0.1) is 6.10 Å². The first kappa shape index (κ1) is 17.3. The Bertz CT molecular complexity index is 714. The minimum absolute atomic E-state index is 0.0878. The van der Waals surface area contributed by atoms with Gasteiger partial charge in [-0.15, -0.1) is 0 Å². The van der Waals surface area contributed by atoms with Gasteiger partial charge >= 0.3 is 5.97 Å². The highest BCUT2D eigenvalue weighted by atomic mass is 16.5. The first-order valence-corrected chi connectivity index (χ1v) is 9.57. The van der Waals surface area contributed by atoms with E-state index in [1.54, 1.807) is 0 Å². The third-order valence-corrected chi connectivity index (χ3v) is 6.30. The van der Waals surface area contributed by atoms with Crippen LogP contribution in [0.25, 0.3) is 0 Å². The van der Waals surface area contributed by atoms with Gasteiger partial charge in [-0.1, -0.05) is 60.7 Å². The third-order valence-electron chi connectivity index (χ3n) is 6.30. The van der Waals surface area contributed by atoms with Crippen LogP contribution in [0.2, 0.25) is 0 Å². The number of benzene rings is 2. The van der Waals surface area contributed by atoms with Crippen LogP contribution in [-0.2, 0) is 14.9 Å². The summed E-state index contributed by atoms with van der Waals surface area (Å²) in [6.45, 7) is 1.95. The highest BCUT2D eigenvalue weighted by Crippen LogP contribution is 2.44. The second-order valence-electron chi connectivity index (χ2n) is 8.02. The monoisotopic (exact) mass is 350 g/mol. The average molecular weight is 350 g/mol. The molecule has 2 aromatic rings. The van der Waals surface area contributed by atoms with Crippen LogP contribution in [0.4, 0.5) is 0 Å². The van der Waals surface area contributed by atoms with Gasteiger partial charge in [0.15, 0.2) is 0 Å². The molecule has 0 aromatic heterocycles. The van der Waals surface area contributed by atoms with Gasteiger partial charge in [0.25, 0.3) is 0 Å². The fourth-order valence-electron chi connectivity index (χ4n) is 4.78. The summed E-state index contributed by atoms with van der Waals surface area (Å²) >= 11 is 0. The van der Waals surface area contributed by atoms with Gasteiger partial charge < -0.3 is 9.84 Å². The van der Waals surface area contributed by atoms with Gasteiger partial charge in [0.2, 0.25) is 0 Å². The van der Waals surface area contributed by atoms with Crippen molar-refractivity contribution in [2.45, 2.75) is 50.2 Å². The molecule has 0 heterocycles. The minimum Gasteiger partial charge on any atom is -0.461 e. The maximum atomic E-state index is 13.4. The average Bonchev–Trinajstić information content (AvgIpc) is 2.94. The summed E-state index contributed by atoms with van der Waals surface area (Å²) in [4.78, 5) is 13.4. The lowest BCUT2D eigenvalue weighted by Crippen LogP contribution is -2.39. The van der Waals surface area contributed by atoms with E-state index in [0.29, 0.717) is 5.92 Å². The molecule has 2 saturated carbocycles. The number of hydrogen-bond donors (Lipinski definition) is 1. The van der Waals surface area contributed by atoms with Crippen molar-refractivity contribution in [1.82, 2.24) is 0 Å². The molecule has 1 N–H and O–H groups in total. The Labute approximate surface area is 155 Å². The van der Waals surface area contributed by atoms with Crippen molar-refractivity contribution in [3.05, 3.63) is 71.8 Å². The summed E-state index contributed by atoms with van der Waals surface area (Å²) in [5.74, 6) is 0.572. The fourth-order valence-corrected chi connectivity index (χ4v) is 4.78. The summed E-state index contributed by atoms with van der Waals surface area (Å²) in [5.41, 5.74) is 1.04. The Balaban J connectivity index is 1.61. The Kier molecular flexibility index (Phi) is 4.58. The highest BCUT2D eigenvalue weighted by Gasteiger charge is 2.44. The first-order valence-electron chi connectivity index (χ1n) is 9.57. The first-order chi connectivity index (χ1) is 12.6. The van der Waals surface area contributed by atoms with Crippen LogP contribution in [-0.4, -0.2) is 23.3 Å². The third kappa shape index (κ3) is 3.05. The summed E-state index contributed by atoms with van der Waals surface area (Å²) in [7, 11) is 0. The van der Waals surface area contributed by atoms with Crippen LogP contribution in [0.1, 0.15) is 43.7 Å². The van der Waals surface area contributed by atoms with Crippen LogP contribution < -0.4 is 0 Å². The van der Waals surface area contributed by atoms with E-state index in [9.17, 15) is 9.90 Å². The van der Waals surface area contributed by atoms with Crippen molar-refractivity contribution < 1.29 is 14.6 Å². The molecule has 2 aliphatic rings. The van der Waals surface area contributed by atoms with Gasteiger partial charge in [-0.05, 0) is 55.6 Å². The summed E-state index contributed by atoms with van der Waals surface area (Å²) in [5, 5.41) is 10.1. The SMILES string of the molecule is CC(C(=O)OC1CC2CC(C1)[C@@H](O)C2)(c1ccccc1)c1ccccc1. The Hall–Kier alpha value is -2.13. The zero-order valence-corrected chi connectivity index (χ0v) is 15.2. The number of hydrogen-bond acceptors (Lipinski definition) is 3. The van der Waals surface area contributed by atoms with Crippen molar-refractivity contribution in [1.29, 1.82) is 0 Å². The predicted octanol–water partition coefficient (Wildman–Crippen LogP) is 4.09. The largest absolute Gasteiger partial charge is 0.461 e. The van der Waals surface area contributed by atoms with E-state index in [4.69, 9.17) is 4.74 Å². The molecular formula is C23H26O3. The molecule has 0 saturated heterocycles. The number of fused-ring (bicyclic) bond motifs is 2. The topological polar surface area (TPSA) is 46.5 Å². The predicted molar refractivity (Wildman–Crippen MR) is 101 cm³/mol. The van der Waals surface area contributed by atoms with Crippen molar-refractivity contribution in [2.75, 3.05) is 0 Å². The molecule has 0 spiro atoms. The fraction of sp³-hybridized carbons (Fsp3) is 0.435. The molecule has 4 rings (SSSR count). The lowest BCUT2D eigenvalue weighted by molar-refractivity contribution is -0.156. The summed E-state index contributed by atoms with van der Waals surface area (Å²) in [6, 6.07) is 19.7. The van der Waals surface area contributed by atoms with Crippen molar-refractivity contribution in [3.63, 3.8) is 0 Å². The minimum atomic E-state index is -0.836. The Morgan fingerprint density at radius 2 is 1.50 bits per heavy atom. The normalized spacial score (nSPS) is 27.9. The van der Waals surface area contributed by atoms with Crippen LogP contribution in [0.3, 0.4) is 0 Å². The molecule has 0 aliphatic heterocycles. The highest BCUT2D eigenvalue weighted by molar-refractivity contribution is 5.87. The molecule has 2 fully saturated rings.